The van der Waals surface area contributed by atoms with Crippen molar-refractivity contribution >= 4 is 8.58 Å². The Kier molecular flexibility index (Phi) is 2.01. The Bertz CT molecular complexity index is 185. The van der Waals surface area contributed by atoms with Crippen LogP contribution in [-0.2, 0) is 0 Å². The summed E-state index contributed by atoms with van der Waals surface area (Å²) in [6.45, 7) is 8.58. The number of rotatable bonds is 0. The van der Waals surface area contributed by atoms with Crippen molar-refractivity contribution in [3.8, 4) is 0 Å². The summed E-state index contributed by atoms with van der Waals surface area (Å²) < 4.78 is 0. The molecule has 0 aromatic rings. The van der Waals surface area contributed by atoms with Gasteiger partial charge in [0.15, 0.2) is 0 Å². The summed E-state index contributed by atoms with van der Waals surface area (Å²) >= 11 is 0. The Morgan fingerprint density at radius 1 is 1.33 bits per heavy atom. The monoisotopic (exact) mass is 185 g/mol. The lowest BCUT2D eigenvalue weighted by atomic mass is 9.87. The molecule has 2 aliphatic rings. The Balaban J connectivity index is 2.12. The fourth-order valence-electron chi connectivity index (χ4n) is 2.73. The summed E-state index contributed by atoms with van der Waals surface area (Å²) in [4.78, 5) is 2.58. The first kappa shape index (κ1) is 8.97. The lowest BCUT2D eigenvalue weighted by Gasteiger charge is -2.38. The minimum Gasteiger partial charge on any atom is -0.302 e. The number of fused-ring (bicyclic) bond motifs is 2. The van der Waals surface area contributed by atoms with Crippen LogP contribution in [0.25, 0.3) is 0 Å². The number of hydrogen-bond donors (Lipinski definition) is 0. The molecule has 1 nitrogen and oxygen atoms in total. The van der Waals surface area contributed by atoms with Crippen molar-refractivity contribution in [1.29, 1.82) is 0 Å². The van der Waals surface area contributed by atoms with Crippen molar-refractivity contribution in [1.82, 2.24) is 4.90 Å². The molecule has 2 aliphatic heterocycles. The molecule has 0 radical (unpaired) electrons. The minimum atomic E-state index is 0.534. The van der Waals surface area contributed by atoms with Gasteiger partial charge in [0.05, 0.1) is 0 Å². The van der Waals surface area contributed by atoms with Crippen molar-refractivity contribution < 1.29 is 0 Å². The van der Waals surface area contributed by atoms with Gasteiger partial charge in [0.25, 0.3) is 0 Å². The molecule has 0 aliphatic carbocycles. The van der Waals surface area contributed by atoms with E-state index < -0.39 is 0 Å². The van der Waals surface area contributed by atoms with Crippen molar-refractivity contribution in [2.45, 2.75) is 44.6 Å². The van der Waals surface area contributed by atoms with Crippen molar-refractivity contribution in [3.63, 3.8) is 0 Å². The Labute approximate surface area is 77.7 Å². The van der Waals surface area contributed by atoms with Gasteiger partial charge in [0.2, 0.25) is 0 Å². The van der Waals surface area contributed by atoms with Gasteiger partial charge in [-0.25, -0.2) is 0 Å². The molecule has 2 heteroatoms. The van der Waals surface area contributed by atoms with E-state index in [1.807, 2.05) is 0 Å². The number of nitrogens with zero attached hydrogens (tertiary/aromatic N) is 1. The van der Waals surface area contributed by atoms with Crippen LogP contribution in [0.2, 0.25) is 0 Å². The molecule has 4 atom stereocenters. The molecule has 2 bridgehead atoms. The first-order valence-corrected chi connectivity index (χ1v) is 6.10. The second-order valence-electron chi connectivity index (χ2n) is 5.45. The van der Waals surface area contributed by atoms with Crippen LogP contribution in [0.15, 0.2) is 0 Å². The van der Waals surface area contributed by atoms with Crippen LogP contribution in [0.5, 0.6) is 0 Å². The highest BCUT2D eigenvalue weighted by Crippen LogP contribution is 2.53. The van der Waals surface area contributed by atoms with E-state index in [4.69, 9.17) is 0 Å². The molecule has 0 saturated carbocycles. The second kappa shape index (κ2) is 2.69. The van der Waals surface area contributed by atoms with Gasteiger partial charge in [-0.1, -0.05) is 20.8 Å². The lowest BCUT2D eigenvalue weighted by molar-refractivity contribution is 0.230. The third-order valence-corrected chi connectivity index (χ3v) is 5.83. The zero-order valence-electron chi connectivity index (χ0n) is 8.59. The molecule has 2 heterocycles. The van der Waals surface area contributed by atoms with Gasteiger partial charge in [-0.05, 0) is 30.2 Å². The van der Waals surface area contributed by atoms with Crippen LogP contribution in [-0.4, -0.2) is 35.9 Å². The van der Waals surface area contributed by atoms with Crippen molar-refractivity contribution in [2.75, 3.05) is 13.6 Å². The third-order valence-electron chi connectivity index (χ3n) is 3.33. The van der Waals surface area contributed by atoms with Gasteiger partial charge < -0.3 is 4.90 Å². The first-order chi connectivity index (χ1) is 5.48. The molecule has 0 aromatic heterocycles. The van der Waals surface area contributed by atoms with Crippen LogP contribution in [0, 0.1) is 5.41 Å². The van der Waals surface area contributed by atoms with Gasteiger partial charge in [-0.15, -0.1) is 8.58 Å². The zero-order chi connectivity index (χ0) is 8.93. The van der Waals surface area contributed by atoms with Gasteiger partial charge >= 0.3 is 0 Å². The van der Waals surface area contributed by atoms with Gasteiger partial charge in [-0.3, -0.25) is 0 Å². The zero-order valence-corrected chi connectivity index (χ0v) is 9.59. The Hall–Kier alpha value is 0.390. The smallest absolute Gasteiger partial charge is 0.0169 e. The Morgan fingerprint density at radius 2 is 2.00 bits per heavy atom. The first-order valence-electron chi connectivity index (χ1n) is 4.95. The number of likely N-dealkylation sites (tertiary alicyclic amines) is 1. The Morgan fingerprint density at radius 3 is 2.33 bits per heavy atom. The van der Waals surface area contributed by atoms with E-state index >= 15 is 0 Å². The maximum atomic E-state index is 2.58. The summed E-state index contributed by atoms with van der Waals surface area (Å²) in [5.74, 6) is 0. The van der Waals surface area contributed by atoms with E-state index in [-0.39, 0.29) is 0 Å². The number of hydrogen-bond acceptors (Lipinski definition) is 1. The predicted molar refractivity (Wildman–Crippen MR) is 56.4 cm³/mol. The molecule has 0 spiro atoms. The summed E-state index contributed by atoms with van der Waals surface area (Å²) in [6.07, 6.45) is 1.48. The van der Waals surface area contributed by atoms with Crippen LogP contribution in [0.4, 0.5) is 0 Å². The average molecular weight is 185 g/mol. The van der Waals surface area contributed by atoms with E-state index in [0.717, 1.165) is 17.4 Å². The predicted octanol–water partition coefficient (Wildman–Crippen LogP) is 2.17. The lowest BCUT2D eigenvalue weighted by Crippen LogP contribution is -2.42. The fraction of sp³-hybridized carbons (Fsp3) is 1.00. The summed E-state index contributed by atoms with van der Waals surface area (Å²) in [6, 6.07) is 0.910. The molecular weight excluding hydrogens is 165 g/mol. The maximum absolute atomic E-state index is 2.58. The SMILES string of the molecule is CN1CC2CC1C(C(C)(C)C)P2. The standard InChI is InChI=1S/C10H20NP/c1-10(2,3)9-8-5-7(12-9)6-11(8)4/h7-9,12H,5-6H2,1-4H3. The summed E-state index contributed by atoms with van der Waals surface area (Å²) in [5.41, 5.74) is 2.55. The third kappa shape index (κ3) is 1.32. The van der Waals surface area contributed by atoms with Crippen LogP contribution in [0.3, 0.4) is 0 Å². The highest BCUT2D eigenvalue weighted by Gasteiger charge is 2.47. The quantitative estimate of drug-likeness (QED) is 0.523. The highest BCUT2D eigenvalue weighted by atomic mass is 31.1. The maximum Gasteiger partial charge on any atom is 0.0169 e. The van der Waals surface area contributed by atoms with Crippen molar-refractivity contribution in [3.05, 3.63) is 0 Å². The van der Waals surface area contributed by atoms with Gasteiger partial charge in [0.1, 0.15) is 0 Å². The average Bonchev–Trinajstić information content (AvgIpc) is 2.41. The van der Waals surface area contributed by atoms with Gasteiger partial charge in [-0.2, -0.15) is 0 Å². The summed E-state index contributed by atoms with van der Waals surface area (Å²) in [5, 5.41) is 0. The minimum absolute atomic E-state index is 0.534. The summed E-state index contributed by atoms with van der Waals surface area (Å²) in [7, 11) is 3.54. The molecule has 2 fully saturated rings. The highest BCUT2D eigenvalue weighted by molar-refractivity contribution is 7.40. The molecule has 2 rings (SSSR count). The molecule has 0 N–H and O–H groups in total. The topological polar surface area (TPSA) is 3.24 Å². The van der Waals surface area contributed by atoms with E-state index in [0.29, 0.717) is 5.41 Å². The fourth-order valence-corrected chi connectivity index (χ4v) is 5.12. The molecule has 2 saturated heterocycles. The van der Waals surface area contributed by atoms with Crippen LogP contribution >= 0.6 is 8.58 Å². The van der Waals surface area contributed by atoms with E-state index in [2.05, 4.69) is 32.7 Å². The van der Waals surface area contributed by atoms with E-state index in [9.17, 15) is 0 Å². The van der Waals surface area contributed by atoms with Crippen LogP contribution in [0.1, 0.15) is 27.2 Å². The molecule has 0 aromatic carbocycles. The van der Waals surface area contributed by atoms with Crippen molar-refractivity contribution in [2.24, 2.45) is 5.41 Å². The second-order valence-corrected chi connectivity index (χ2v) is 7.22. The van der Waals surface area contributed by atoms with E-state index in [1.54, 1.807) is 0 Å². The molecule has 70 valence electrons. The van der Waals surface area contributed by atoms with E-state index in [1.165, 1.54) is 21.5 Å². The normalized spacial score (nSPS) is 44.5. The molecule has 0 amide bonds. The van der Waals surface area contributed by atoms with Gasteiger partial charge in [0, 0.05) is 12.6 Å². The molecule has 4 unspecified atom stereocenters. The van der Waals surface area contributed by atoms with Crippen LogP contribution < -0.4 is 0 Å². The molecular formula is C10H20NP. The largest absolute Gasteiger partial charge is 0.302 e. The molecule has 12 heavy (non-hydrogen) atoms.